The van der Waals surface area contributed by atoms with E-state index in [-0.39, 0.29) is 0 Å². The Morgan fingerprint density at radius 2 is 2.33 bits per heavy atom. The molecule has 0 aliphatic rings. The lowest BCUT2D eigenvalue weighted by Gasteiger charge is -2.16. The third-order valence-corrected chi connectivity index (χ3v) is 2.54. The topological polar surface area (TPSA) is 39.1 Å². The summed E-state index contributed by atoms with van der Waals surface area (Å²) in [7, 11) is 1.74. The number of hydrogen-bond acceptors (Lipinski definition) is 3. The molecule has 1 N–H and O–H groups in total. The van der Waals surface area contributed by atoms with Gasteiger partial charge in [0.25, 0.3) is 0 Å². The van der Waals surface area contributed by atoms with Crippen molar-refractivity contribution in [2.45, 2.75) is 39.4 Å². The van der Waals surface area contributed by atoms with Crippen LogP contribution in [-0.2, 0) is 17.8 Å². The van der Waals surface area contributed by atoms with Crippen LogP contribution in [0.1, 0.15) is 26.0 Å². The Balaban J connectivity index is 2.41. The lowest BCUT2D eigenvalue weighted by atomic mass is 10.2. The first-order chi connectivity index (χ1) is 7.31. The minimum atomic E-state index is 0.426. The smallest absolute Gasteiger partial charge is 0.0615 e. The summed E-state index contributed by atoms with van der Waals surface area (Å²) in [5.74, 6) is 0. The van der Waals surface area contributed by atoms with Gasteiger partial charge in [-0.1, -0.05) is 6.92 Å². The van der Waals surface area contributed by atoms with E-state index in [4.69, 9.17) is 4.74 Å². The van der Waals surface area contributed by atoms with E-state index in [0.717, 1.165) is 26.1 Å². The van der Waals surface area contributed by atoms with E-state index < -0.39 is 0 Å². The van der Waals surface area contributed by atoms with E-state index >= 15 is 0 Å². The quantitative estimate of drug-likeness (QED) is 0.741. The fraction of sp³-hybridized carbons (Fsp3) is 0.727. The van der Waals surface area contributed by atoms with Gasteiger partial charge < -0.3 is 10.1 Å². The molecule has 0 aliphatic heterocycles. The largest absolute Gasteiger partial charge is 0.383 e. The van der Waals surface area contributed by atoms with Crippen LogP contribution in [0, 0.1) is 0 Å². The van der Waals surface area contributed by atoms with Crippen molar-refractivity contribution in [2.75, 3.05) is 13.7 Å². The van der Waals surface area contributed by atoms with Gasteiger partial charge >= 0.3 is 0 Å². The highest BCUT2D eigenvalue weighted by Crippen LogP contribution is 2.00. The summed E-state index contributed by atoms with van der Waals surface area (Å²) in [6.07, 6.45) is 2.92. The second kappa shape index (κ2) is 6.58. The highest BCUT2D eigenvalue weighted by Gasteiger charge is 2.06. The Kier molecular flexibility index (Phi) is 5.36. The minimum Gasteiger partial charge on any atom is -0.383 e. The SMILES string of the molecule is CCC(COC)NCc1ccnn1CC. The van der Waals surface area contributed by atoms with E-state index in [1.54, 1.807) is 7.11 Å². The molecule has 15 heavy (non-hydrogen) atoms. The van der Waals surface area contributed by atoms with Crippen LogP contribution in [0.3, 0.4) is 0 Å². The van der Waals surface area contributed by atoms with Crippen molar-refractivity contribution in [3.8, 4) is 0 Å². The summed E-state index contributed by atoms with van der Waals surface area (Å²) in [4.78, 5) is 0. The van der Waals surface area contributed by atoms with Crippen LogP contribution < -0.4 is 5.32 Å². The summed E-state index contributed by atoms with van der Waals surface area (Å²) in [6, 6.07) is 2.48. The van der Waals surface area contributed by atoms with Crippen molar-refractivity contribution in [1.82, 2.24) is 15.1 Å². The Labute approximate surface area is 91.6 Å². The average Bonchev–Trinajstić information content (AvgIpc) is 2.71. The van der Waals surface area contributed by atoms with Gasteiger partial charge in [-0.25, -0.2) is 0 Å². The normalized spacial score (nSPS) is 13.0. The fourth-order valence-electron chi connectivity index (χ4n) is 1.57. The number of methoxy groups -OCH3 is 1. The predicted octanol–water partition coefficient (Wildman–Crippen LogP) is 1.42. The maximum absolute atomic E-state index is 5.14. The first-order valence-electron chi connectivity index (χ1n) is 5.54. The zero-order chi connectivity index (χ0) is 11.1. The van der Waals surface area contributed by atoms with E-state index in [0.29, 0.717) is 6.04 Å². The maximum Gasteiger partial charge on any atom is 0.0615 e. The monoisotopic (exact) mass is 211 g/mol. The number of hydrogen-bond donors (Lipinski definition) is 1. The van der Waals surface area contributed by atoms with Crippen molar-refractivity contribution in [2.24, 2.45) is 0 Å². The van der Waals surface area contributed by atoms with Crippen LogP contribution in [-0.4, -0.2) is 29.5 Å². The molecular weight excluding hydrogens is 190 g/mol. The molecule has 0 amide bonds. The van der Waals surface area contributed by atoms with Gasteiger partial charge in [-0.15, -0.1) is 0 Å². The van der Waals surface area contributed by atoms with Gasteiger partial charge in [0.15, 0.2) is 0 Å². The van der Waals surface area contributed by atoms with E-state index in [1.165, 1.54) is 5.69 Å². The number of rotatable bonds is 7. The number of nitrogens with zero attached hydrogens (tertiary/aromatic N) is 2. The molecule has 0 bridgehead atoms. The molecule has 1 atom stereocenters. The Hall–Kier alpha value is -0.870. The molecular formula is C11H21N3O. The minimum absolute atomic E-state index is 0.426. The van der Waals surface area contributed by atoms with Crippen LogP contribution in [0.25, 0.3) is 0 Å². The number of nitrogens with one attached hydrogen (secondary N) is 1. The summed E-state index contributed by atoms with van der Waals surface area (Å²) in [6.45, 7) is 6.80. The Morgan fingerprint density at radius 3 is 2.93 bits per heavy atom. The van der Waals surface area contributed by atoms with Crippen LogP contribution >= 0.6 is 0 Å². The standard InChI is InChI=1S/C11H21N3O/c1-4-10(9-15-3)12-8-11-6-7-13-14(11)5-2/h6-7,10,12H,4-5,8-9H2,1-3H3. The lowest BCUT2D eigenvalue weighted by molar-refractivity contribution is 0.163. The highest BCUT2D eigenvalue weighted by molar-refractivity contribution is 5.00. The Morgan fingerprint density at radius 1 is 1.53 bits per heavy atom. The van der Waals surface area contributed by atoms with Gasteiger partial charge in [-0.2, -0.15) is 5.10 Å². The van der Waals surface area contributed by atoms with Crippen molar-refractivity contribution in [1.29, 1.82) is 0 Å². The predicted molar refractivity (Wildman–Crippen MR) is 60.7 cm³/mol. The van der Waals surface area contributed by atoms with Crippen molar-refractivity contribution < 1.29 is 4.74 Å². The molecule has 4 heteroatoms. The van der Waals surface area contributed by atoms with Crippen LogP contribution in [0.2, 0.25) is 0 Å². The third-order valence-electron chi connectivity index (χ3n) is 2.54. The molecule has 0 spiro atoms. The Bertz CT molecular complexity index is 273. The molecule has 1 rings (SSSR count). The molecule has 1 aromatic rings. The number of aryl methyl sites for hydroxylation is 1. The molecule has 1 heterocycles. The molecule has 0 saturated heterocycles. The van der Waals surface area contributed by atoms with Gasteiger partial charge in [0.1, 0.15) is 0 Å². The third kappa shape index (κ3) is 3.64. The summed E-state index contributed by atoms with van der Waals surface area (Å²) in [5, 5.41) is 7.69. The van der Waals surface area contributed by atoms with Crippen LogP contribution in [0.15, 0.2) is 12.3 Å². The molecule has 0 fully saturated rings. The number of ether oxygens (including phenoxy) is 1. The fourth-order valence-corrected chi connectivity index (χ4v) is 1.57. The van der Waals surface area contributed by atoms with Crippen LogP contribution in [0.5, 0.6) is 0 Å². The van der Waals surface area contributed by atoms with Gasteiger partial charge in [-0.3, -0.25) is 4.68 Å². The lowest BCUT2D eigenvalue weighted by Crippen LogP contribution is -2.32. The molecule has 1 aromatic heterocycles. The first-order valence-corrected chi connectivity index (χ1v) is 5.54. The molecule has 86 valence electrons. The van der Waals surface area contributed by atoms with Crippen LogP contribution in [0.4, 0.5) is 0 Å². The van der Waals surface area contributed by atoms with Gasteiger partial charge in [-0.05, 0) is 19.4 Å². The molecule has 4 nitrogen and oxygen atoms in total. The summed E-state index contributed by atoms with van der Waals surface area (Å²) < 4.78 is 7.14. The second-order valence-electron chi connectivity index (χ2n) is 3.58. The molecule has 0 aromatic carbocycles. The van der Waals surface area contributed by atoms with Gasteiger partial charge in [0.05, 0.1) is 12.3 Å². The van der Waals surface area contributed by atoms with E-state index in [2.05, 4.69) is 30.3 Å². The molecule has 0 aliphatic carbocycles. The van der Waals surface area contributed by atoms with Gasteiger partial charge in [0.2, 0.25) is 0 Å². The van der Waals surface area contributed by atoms with Crippen molar-refractivity contribution >= 4 is 0 Å². The van der Waals surface area contributed by atoms with E-state index in [1.807, 2.05) is 10.9 Å². The van der Waals surface area contributed by atoms with Crippen molar-refractivity contribution in [3.63, 3.8) is 0 Å². The molecule has 0 radical (unpaired) electrons. The molecule has 1 unspecified atom stereocenters. The highest BCUT2D eigenvalue weighted by atomic mass is 16.5. The zero-order valence-corrected chi connectivity index (χ0v) is 9.86. The first kappa shape index (κ1) is 12.2. The summed E-state index contributed by atoms with van der Waals surface area (Å²) in [5.41, 5.74) is 1.23. The zero-order valence-electron chi connectivity index (χ0n) is 9.86. The molecule has 0 saturated carbocycles. The van der Waals surface area contributed by atoms with Gasteiger partial charge in [0, 0.05) is 32.4 Å². The number of aromatic nitrogens is 2. The second-order valence-corrected chi connectivity index (χ2v) is 3.58. The van der Waals surface area contributed by atoms with E-state index in [9.17, 15) is 0 Å². The average molecular weight is 211 g/mol. The van der Waals surface area contributed by atoms with Crippen molar-refractivity contribution in [3.05, 3.63) is 18.0 Å². The summed E-state index contributed by atoms with van der Waals surface area (Å²) >= 11 is 0. The maximum atomic E-state index is 5.14.